The number of carbonyl (C=O) groups excluding carboxylic acids is 2. The predicted molar refractivity (Wildman–Crippen MR) is 85.3 cm³/mol. The highest BCUT2D eigenvalue weighted by Gasteiger charge is 2.23. The van der Waals surface area contributed by atoms with Gasteiger partial charge in [0.1, 0.15) is 11.6 Å². The van der Waals surface area contributed by atoms with Crippen LogP contribution in [0, 0.1) is 0 Å². The molecular formula is C17H23NO4. The molecule has 120 valence electrons. The molecule has 1 atom stereocenters. The summed E-state index contributed by atoms with van der Waals surface area (Å²) in [6.45, 7) is 5.28. The zero-order chi connectivity index (χ0) is 16.6. The molecule has 0 aliphatic carbocycles. The van der Waals surface area contributed by atoms with Crippen molar-refractivity contribution in [3.8, 4) is 0 Å². The predicted octanol–water partition coefficient (Wildman–Crippen LogP) is 3.16. The van der Waals surface area contributed by atoms with Crippen LogP contribution in [0.2, 0.25) is 0 Å². The third-order valence-corrected chi connectivity index (χ3v) is 2.66. The molecule has 1 unspecified atom stereocenters. The highest BCUT2D eigenvalue weighted by Crippen LogP contribution is 2.08. The number of ether oxygens (including phenoxy) is 2. The molecule has 1 aromatic rings. The molecule has 0 radical (unpaired) electrons. The van der Waals surface area contributed by atoms with E-state index in [0.29, 0.717) is 6.42 Å². The molecule has 0 fully saturated rings. The molecule has 1 N–H and O–H groups in total. The van der Waals surface area contributed by atoms with Crippen molar-refractivity contribution in [2.75, 3.05) is 7.11 Å². The number of hydrogen-bond donors (Lipinski definition) is 1. The number of rotatable bonds is 5. The van der Waals surface area contributed by atoms with Crippen molar-refractivity contribution in [1.29, 1.82) is 0 Å². The Morgan fingerprint density at radius 1 is 1.23 bits per heavy atom. The van der Waals surface area contributed by atoms with Gasteiger partial charge < -0.3 is 14.8 Å². The number of amides is 1. The molecule has 1 rings (SSSR count). The first kappa shape index (κ1) is 17.8. The van der Waals surface area contributed by atoms with E-state index in [2.05, 4.69) is 5.32 Å². The summed E-state index contributed by atoms with van der Waals surface area (Å²) >= 11 is 0. The maximum absolute atomic E-state index is 11.8. The lowest BCUT2D eigenvalue weighted by molar-refractivity contribution is -0.143. The number of esters is 1. The fraction of sp³-hybridized carbons (Fsp3) is 0.412. The van der Waals surface area contributed by atoms with Crippen molar-refractivity contribution >= 4 is 18.1 Å². The quantitative estimate of drug-likeness (QED) is 0.849. The van der Waals surface area contributed by atoms with E-state index in [0.717, 1.165) is 5.56 Å². The zero-order valence-corrected chi connectivity index (χ0v) is 13.5. The number of benzene rings is 1. The lowest BCUT2D eigenvalue weighted by atomic mass is 10.1. The molecule has 0 aromatic heterocycles. The van der Waals surface area contributed by atoms with Gasteiger partial charge in [0.15, 0.2) is 0 Å². The Morgan fingerprint density at radius 2 is 1.86 bits per heavy atom. The Bertz CT molecular complexity index is 517. The van der Waals surface area contributed by atoms with Crippen molar-refractivity contribution in [2.45, 2.75) is 38.8 Å². The van der Waals surface area contributed by atoms with Crippen LogP contribution in [0.4, 0.5) is 4.79 Å². The molecule has 5 heteroatoms. The Labute approximate surface area is 131 Å². The van der Waals surface area contributed by atoms with E-state index in [1.165, 1.54) is 7.11 Å². The molecule has 0 aliphatic heterocycles. The van der Waals surface area contributed by atoms with Crippen LogP contribution in [0.3, 0.4) is 0 Å². The first-order chi connectivity index (χ1) is 10.3. The van der Waals surface area contributed by atoms with Gasteiger partial charge in [0.25, 0.3) is 0 Å². The van der Waals surface area contributed by atoms with Crippen LogP contribution >= 0.6 is 0 Å². The molecule has 5 nitrogen and oxygen atoms in total. The second kappa shape index (κ2) is 8.22. The monoisotopic (exact) mass is 305 g/mol. The molecule has 0 heterocycles. The molecule has 1 aromatic carbocycles. The smallest absolute Gasteiger partial charge is 0.408 e. The summed E-state index contributed by atoms with van der Waals surface area (Å²) < 4.78 is 9.85. The van der Waals surface area contributed by atoms with Crippen LogP contribution in [0.15, 0.2) is 36.4 Å². The maximum atomic E-state index is 11.8. The van der Waals surface area contributed by atoms with Gasteiger partial charge in [-0.25, -0.2) is 9.59 Å². The average Bonchev–Trinajstić information content (AvgIpc) is 2.44. The summed E-state index contributed by atoms with van der Waals surface area (Å²) in [5, 5.41) is 2.52. The molecule has 0 aliphatic rings. The molecule has 0 bridgehead atoms. The van der Waals surface area contributed by atoms with E-state index in [1.54, 1.807) is 20.8 Å². The molecule has 22 heavy (non-hydrogen) atoms. The molecule has 1 amide bonds. The summed E-state index contributed by atoms with van der Waals surface area (Å²) in [7, 11) is 1.28. The number of nitrogens with one attached hydrogen (secondary N) is 1. The van der Waals surface area contributed by atoms with Gasteiger partial charge >= 0.3 is 12.1 Å². The van der Waals surface area contributed by atoms with Crippen LogP contribution in [-0.4, -0.2) is 30.8 Å². The SMILES string of the molecule is COC(=O)C(C/C=C\c1ccccc1)NC(=O)OC(C)(C)C. The van der Waals surface area contributed by atoms with Crippen LogP contribution in [0.1, 0.15) is 32.8 Å². The topological polar surface area (TPSA) is 64.6 Å². The summed E-state index contributed by atoms with van der Waals surface area (Å²) in [5.41, 5.74) is 0.397. The van der Waals surface area contributed by atoms with E-state index in [4.69, 9.17) is 9.47 Å². The second-order valence-electron chi connectivity index (χ2n) is 5.77. The standard InChI is InChI=1S/C17H23NO4/c1-17(2,3)22-16(20)18-14(15(19)21-4)12-8-11-13-9-6-5-7-10-13/h5-11,14H,12H2,1-4H3,(H,18,20)/b11-8-. The third kappa shape index (κ3) is 6.92. The molecule has 0 saturated heterocycles. The van der Waals surface area contributed by atoms with E-state index in [-0.39, 0.29) is 0 Å². The molecule has 0 saturated carbocycles. The largest absolute Gasteiger partial charge is 0.467 e. The van der Waals surface area contributed by atoms with Crippen molar-refractivity contribution in [2.24, 2.45) is 0 Å². The molecular weight excluding hydrogens is 282 g/mol. The Kier molecular flexibility index (Phi) is 6.63. The Balaban J connectivity index is 2.63. The second-order valence-corrected chi connectivity index (χ2v) is 5.77. The number of carbonyl (C=O) groups is 2. The minimum atomic E-state index is -0.778. The van der Waals surface area contributed by atoms with Gasteiger partial charge in [-0.1, -0.05) is 42.5 Å². The normalized spacial score (nSPS) is 12.7. The van der Waals surface area contributed by atoms with Crippen molar-refractivity contribution in [3.63, 3.8) is 0 Å². The van der Waals surface area contributed by atoms with Gasteiger partial charge in [-0.2, -0.15) is 0 Å². The van der Waals surface area contributed by atoms with Crippen molar-refractivity contribution < 1.29 is 19.1 Å². The van der Waals surface area contributed by atoms with E-state index in [9.17, 15) is 9.59 Å². The number of hydrogen-bond acceptors (Lipinski definition) is 4. The first-order valence-electron chi connectivity index (χ1n) is 7.11. The third-order valence-electron chi connectivity index (χ3n) is 2.66. The van der Waals surface area contributed by atoms with E-state index < -0.39 is 23.7 Å². The van der Waals surface area contributed by atoms with Gasteiger partial charge in [-0.3, -0.25) is 0 Å². The van der Waals surface area contributed by atoms with Gasteiger partial charge in [0.05, 0.1) is 7.11 Å². The van der Waals surface area contributed by atoms with Crippen LogP contribution in [0.25, 0.3) is 6.08 Å². The van der Waals surface area contributed by atoms with E-state index in [1.807, 2.05) is 42.5 Å². The summed E-state index contributed by atoms with van der Waals surface area (Å²) in [6.07, 6.45) is 3.37. The average molecular weight is 305 g/mol. The summed E-state index contributed by atoms with van der Waals surface area (Å²) in [5.74, 6) is -0.511. The Hall–Kier alpha value is -2.30. The van der Waals surface area contributed by atoms with Crippen molar-refractivity contribution in [3.05, 3.63) is 42.0 Å². The summed E-state index contributed by atoms with van der Waals surface area (Å²) in [6, 6.07) is 8.90. The minimum absolute atomic E-state index is 0.320. The Morgan fingerprint density at radius 3 is 2.41 bits per heavy atom. The van der Waals surface area contributed by atoms with Gasteiger partial charge in [0, 0.05) is 0 Å². The number of methoxy groups -OCH3 is 1. The van der Waals surface area contributed by atoms with Crippen molar-refractivity contribution in [1.82, 2.24) is 5.32 Å². The zero-order valence-electron chi connectivity index (χ0n) is 13.5. The maximum Gasteiger partial charge on any atom is 0.408 e. The van der Waals surface area contributed by atoms with Gasteiger partial charge in [-0.05, 0) is 32.8 Å². The fourth-order valence-electron chi connectivity index (χ4n) is 1.71. The van der Waals surface area contributed by atoms with Crippen LogP contribution in [0.5, 0.6) is 0 Å². The minimum Gasteiger partial charge on any atom is -0.467 e. The van der Waals surface area contributed by atoms with Crippen LogP contribution < -0.4 is 5.32 Å². The lowest BCUT2D eigenvalue weighted by Gasteiger charge is -2.22. The summed E-state index contributed by atoms with van der Waals surface area (Å²) in [4.78, 5) is 23.5. The first-order valence-corrected chi connectivity index (χ1v) is 7.11. The van der Waals surface area contributed by atoms with E-state index >= 15 is 0 Å². The fourth-order valence-corrected chi connectivity index (χ4v) is 1.71. The van der Waals surface area contributed by atoms with Crippen LogP contribution in [-0.2, 0) is 14.3 Å². The highest BCUT2D eigenvalue weighted by molar-refractivity contribution is 5.81. The van der Waals surface area contributed by atoms with Gasteiger partial charge in [0.2, 0.25) is 0 Å². The molecule has 0 spiro atoms. The number of alkyl carbamates (subject to hydrolysis) is 1. The van der Waals surface area contributed by atoms with Gasteiger partial charge in [-0.15, -0.1) is 0 Å². The highest BCUT2D eigenvalue weighted by atomic mass is 16.6. The lowest BCUT2D eigenvalue weighted by Crippen LogP contribution is -2.43.